The summed E-state index contributed by atoms with van der Waals surface area (Å²) >= 11 is 0. The summed E-state index contributed by atoms with van der Waals surface area (Å²) < 4.78 is 1.84. The van der Waals surface area contributed by atoms with Crippen molar-refractivity contribution < 1.29 is 0 Å². The summed E-state index contributed by atoms with van der Waals surface area (Å²) in [6.07, 6.45) is 1.78. The van der Waals surface area contributed by atoms with E-state index in [4.69, 9.17) is 0 Å². The maximum Gasteiger partial charge on any atom is 0.263 e. The number of hydrogen-bond acceptors (Lipinski definition) is 2. The predicted octanol–water partition coefficient (Wildman–Crippen LogP) is 6.87. The fourth-order valence-electron chi connectivity index (χ4n) is 4.61. The van der Waals surface area contributed by atoms with E-state index in [1.807, 2.05) is 95.6 Å². The Labute approximate surface area is 191 Å². The fraction of sp³-hybridized carbons (Fsp3) is 0. The van der Waals surface area contributed by atoms with Crippen molar-refractivity contribution in [1.82, 2.24) is 9.55 Å². The van der Waals surface area contributed by atoms with E-state index in [-0.39, 0.29) is 5.56 Å². The average molecular weight is 425 g/mol. The topological polar surface area (TPSA) is 34.9 Å². The van der Waals surface area contributed by atoms with Crippen LogP contribution in [0.1, 0.15) is 0 Å². The lowest BCUT2D eigenvalue weighted by Gasteiger charge is -2.21. The van der Waals surface area contributed by atoms with Crippen LogP contribution in [0.4, 0.5) is 0 Å². The van der Waals surface area contributed by atoms with Crippen molar-refractivity contribution in [2.75, 3.05) is 0 Å². The zero-order valence-corrected chi connectivity index (χ0v) is 17.8. The molecular formula is C30H20N2O. The summed E-state index contributed by atoms with van der Waals surface area (Å²) in [4.78, 5) is 18.7. The number of nitrogens with zero attached hydrogens (tertiary/aromatic N) is 2. The molecule has 0 bridgehead atoms. The van der Waals surface area contributed by atoms with E-state index < -0.39 is 0 Å². The Hall–Kier alpha value is -4.50. The molecule has 0 radical (unpaired) electrons. The van der Waals surface area contributed by atoms with E-state index in [2.05, 4.69) is 29.2 Å². The van der Waals surface area contributed by atoms with E-state index >= 15 is 0 Å². The number of hydrogen-bond donors (Lipinski definition) is 0. The summed E-state index contributed by atoms with van der Waals surface area (Å²) in [5.41, 5.74) is 5.46. The summed E-state index contributed by atoms with van der Waals surface area (Å²) in [5.74, 6) is 0. The van der Waals surface area contributed by atoms with E-state index in [1.165, 1.54) is 0 Å². The van der Waals surface area contributed by atoms with Crippen LogP contribution in [0.5, 0.6) is 0 Å². The predicted molar refractivity (Wildman–Crippen MR) is 136 cm³/mol. The Morgan fingerprint density at radius 1 is 0.576 bits per heavy atom. The first-order valence-electron chi connectivity index (χ1n) is 11.0. The summed E-state index contributed by atoms with van der Waals surface area (Å²) in [5, 5.41) is 2.62. The van der Waals surface area contributed by atoms with Gasteiger partial charge in [0.15, 0.2) is 0 Å². The first kappa shape index (κ1) is 19.2. The van der Waals surface area contributed by atoms with Gasteiger partial charge in [0, 0.05) is 22.5 Å². The highest BCUT2D eigenvalue weighted by Crippen LogP contribution is 2.38. The highest BCUT2D eigenvalue weighted by atomic mass is 16.1. The molecule has 3 nitrogen and oxygen atoms in total. The van der Waals surface area contributed by atoms with Gasteiger partial charge in [-0.15, -0.1) is 0 Å². The first-order chi connectivity index (χ1) is 16.3. The molecule has 2 aromatic heterocycles. The molecule has 0 atom stereocenters. The summed E-state index contributed by atoms with van der Waals surface area (Å²) in [6.45, 7) is 0. The van der Waals surface area contributed by atoms with Crippen molar-refractivity contribution in [1.29, 1.82) is 0 Å². The van der Waals surface area contributed by atoms with Crippen molar-refractivity contribution in [3.05, 3.63) is 132 Å². The third-order valence-electron chi connectivity index (χ3n) is 6.05. The van der Waals surface area contributed by atoms with E-state index in [0.29, 0.717) is 5.39 Å². The van der Waals surface area contributed by atoms with Crippen molar-refractivity contribution in [2.24, 2.45) is 0 Å². The molecule has 0 unspecified atom stereocenters. The molecule has 33 heavy (non-hydrogen) atoms. The zero-order valence-electron chi connectivity index (χ0n) is 17.8. The van der Waals surface area contributed by atoms with Gasteiger partial charge in [0.2, 0.25) is 0 Å². The molecule has 156 valence electrons. The standard InChI is InChI=1S/C30H20N2O/c33-30-25-18-8-7-17-24(25)27(21-11-3-1-4-12-21)29(23-13-5-2-6-14-23)32(30)26-19-9-15-22-16-10-20-31-28(22)26/h1-20H. The Balaban J connectivity index is 1.88. The molecule has 2 heterocycles. The second-order valence-corrected chi connectivity index (χ2v) is 7.99. The van der Waals surface area contributed by atoms with Gasteiger partial charge in [0.05, 0.1) is 16.9 Å². The van der Waals surface area contributed by atoms with Crippen LogP contribution in [0, 0.1) is 0 Å². The summed E-state index contributed by atoms with van der Waals surface area (Å²) in [6, 6.07) is 38.2. The van der Waals surface area contributed by atoms with Gasteiger partial charge < -0.3 is 0 Å². The maximum absolute atomic E-state index is 14.1. The van der Waals surface area contributed by atoms with Crippen LogP contribution in [0.3, 0.4) is 0 Å². The Morgan fingerprint density at radius 2 is 1.21 bits per heavy atom. The molecule has 0 saturated carbocycles. The number of rotatable bonds is 3. The lowest BCUT2D eigenvalue weighted by Crippen LogP contribution is -2.22. The van der Waals surface area contributed by atoms with Gasteiger partial charge in [-0.3, -0.25) is 14.3 Å². The van der Waals surface area contributed by atoms with Crippen LogP contribution in [0.25, 0.3) is 49.7 Å². The normalized spacial score (nSPS) is 11.2. The Kier molecular flexibility index (Phi) is 4.59. The molecule has 0 aliphatic carbocycles. The van der Waals surface area contributed by atoms with Gasteiger partial charge in [-0.1, -0.05) is 97.1 Å². The number of benzene rings is 4. The minimum atomic E-state index is -0.0534. The molecule has 0 aliphatic rings. The van der Waals surface area contributed by atoms with Crippen LogP contribution < -0.4 is 5.56 Å². The number of aromatic nitrogens is 2. The molecule has 0 amide bonds. The van der Waals surface area contributed by atoms with Crippen molar-refractivity contribution in [3.8, 4) is 28.1 Å². The zero-order chi connectivity index (χ0) is 22.2. The molecule has 6 aromatic rings. The number of pyridine rings is 2. The van der Waals surface area contributed by atoms with E-state index in [9.17, 15) is 4.79 Å². The lowest BCUT2D eigenvalue weighted by atomic mass is 9.93. The van der Waals surface area contributed by atoms with Gasteiger partial charge >= 0.3 is 0 Å². The molecule has 0 spiro atoms. The molecule has 0 aliphatic heterocycles. The van der Waals surface area contributed by atoms with Crippen LogP contribution in [-0.4, -0.2) is 9.55 Å². The minimum Gasteiger partial charge on any atom is -0.274 e. The van der Waals surface area contributed by atoms with Gasteiger partial charge in [0.25, 0.3) is 5.56 Å². The van der Waals surface area contributed by atoms with Gasteiger partial charge in [-0.25, -0.2) is 0 Å². The largest absolute Gasteiger partial charge is 0.274 e. The minimum absolute atomic E-state index is 0.0534. The van der Waals surface area contributed by atoms with Gasteiger partial charge in [-0.2, -0.15) is 0 Å². The SMILES string of the molecule is O=c1c2ccccc2c(-c2ccccc2)c(-c2ccccc2)n1-c1cccc2cccnc12. The highest BCUT2D eigenvalue weighted by molar-refractivity contribution is 6.03. The monoisotopic (exact) mass is 424 g/mol. The quantitative estimate of drug-likeness (QED) is 0.311. The fourth-order valence-corrected chi connectivity index (χ4v) is 4.61. The number of fused-ring (bicyclic) bond motifs is 2. The van der Waals surface area contributed by atoms with Gasteiger partial charge in [-0.05, 0) is 34.7 Å². The second kappa shape index (κ2) is 7.88. The van der Waals surface area contributed by atoms with Crippen molar-refractivity contribution in [3.63, 3.8) is 0 Å². The van der Waals surface area contributed by atoms with E-state index in [0.717, 1.165) is 44.4 Å². The van der Waals surface area contributed by atoms with Crippen LogP contribution in [0.15, 0.2) is 126 Å². The third kappa shape index (κ3) is 3.14. The molecule has 4 aromatic carbocycles. The van der Waals surface area contributed by atoms with Gasteiger partial charge in [0.1, 0.15) is 0 Å². The highest BCUT2D eigenvalue weighted by Gasteiger charge is 2.21. The van der Waals surface area contributed by atoms with Crippen molar-refractivity contribution >= 4 is 21.7 Å². The maximum atomic E-state index is 14.1. The Bertz CT molecular complexity index is 1660. The smallest absolute Gasteiger partial charge is 0.263 e. The molecular weight excluding hydrogens is 404 g/mol. The second-order valence-electron chi connectivity index (χ2n) is 7.99. The first-order valence-corrected chi connectivity index (χ1v) is 11.0. The molecule has 0 fully saturated rings. The average Bonchev–Trinajstić information content (AvgIpc) is 2.89. The van der Waals surface area contributed by atoms with Crippen LogP contribution in [0.2, 0.25) is 0 Å². The Morgan fingerprint density at radius 3 is 1.97 bits per heavy atom. The van der Waals surface area contributed by atoms with Crippen molar-refractivity contribution in [2.45, 2.75) is 0 Å². The van der Waals surface area contributed by atoms with E-state index in [1.54, 1.807) is 6.20 Å². The summed E-state index contributed by atoms with van der Waals surface area (Å²) in [7, 11) is 0. The van der Waals surface area contributed by atoms with Crippen LogP contribution >= 0.6 is 0 Å². The molecule has 6 rings (SSSR count). The lowest BCUT2D eigenvalue weighted by molar-refractivity contribution is 1.02. The third-order valence-corrected chi connectivity index (χ3v) is 6.05. The van der Waals surface area contributed by atoms with Crippen LogP contribution in [-0.2, 0) is 0 Å². The molecule has 3 heteroatoms. The molecule has 0 saturated heterocycles. The molecule has 0 N–H and O–H groups in total. The number of para-hydroxylation sites is 1.